The van der Waals surface area contributed by atoms with Gasteiger partial charge in [-0.1, -0.05) is 199 Å². The number of hydrogen-bond acceptors (Lipinski definition) is 12. The molecule has 0 aliphatic carbocycles. The van der Waals surface area contributed by atoms with E-state index in [9.17, 15) is 59.4 Å². The second-order valence-electron chi connectivity index (χ2n) is 25.8. The second kappa shape index (κ2) is 26.9. The van der Waals surface area contributed by atoms with Gasteiger partial charge in [0.1, 0.15) is 40.3 Å². The minimum Gasteiger partial charge on any atom is -0.872 e. The van der Waals surface area contributed by atoms with Crippen LogP contribution in [0.4, 0.5) is 0 Å². The van der Waals surface area contributed by atoms with Crippen LogP contribution in [0.5, 0.6) is 51.7 Å². The number of ether oxygens (including phenoxy) is 3. The third kappa shape index (κ3) is 14.9. The van der Waals surface area contributed by atoms with E-state index in [1.807, 2.05) is 71.9 Å². The topological polar surface area (TPSA) is 260 Å². The Labute approximate surface area is 549 Å². The molecule has 3 heterocycles. The summed E-state index contributed by atoms with van der Waals surface area (Å²) in [7, 11) is 0. The van der Waals surface area contributed by atoms with Gasteiger partial charge in [0.2, 0.25) is 0 Å². The van der Waals surface area contributed by atoms with E-state index in [0.717, 1.165) is 26.4 Å². The molecule has 0 atom stereocenters. The van der Waals surface area contributed by atoms with Crippen LogP contribution in [0, 0.1) is 16.2 Å². The summed E-state index contributed by atoms with van der Waals surface area (Å²) in [6, 6.07) is 45.7. The van der Waals surface area contributed by atoms with Crippen molar-refractivity contribution in [1.29, 1.82) is 0 Å². The Kier molecular flexibility index (Phi) is 19.7. The minimum atomic E-state index is -1.14. The van der Waals surface area contributed by atoms with Crippen LogP contribution >= 0.6 is 0 Å². The Bertz CT molecular complexity index is 5030. The van der Waals surface area contributed by atoms with Crippen LogP contribution in [0.25, 0.3) is 36.5 Å². The van der Waals surface area contributed by atoms with E-state index in [-0.39, 0.29) is 64.1 Å². The van der Waals surface area contributed by atoms with Crippen LogP contribution in [0.3, 0.4) is 0 Å². The fourth-order valence-corrected chi connectivity index (χ4v) is 10.5. The zero-order chi connectivity index (χ0) is 68.6. The molecule has 95 heavy (non-hydrogen) atoms. The summed E-state index contributed by atoms with van der Waals surface area (Å²) in [5.74, 6) is -1.22. The molecular weight excluding hydrogens is 1200 g/mol. The first kappa shape index (κ1) is 69.3. The van der Waals surface area contributed by atoms with E-state index in [0.29, 0.717) is 101 Å². The number of carbonyl (C=O) groups excluding carboxylic acids is 3. The maximum Gasteiger partial charge on any atom is 0.336 e. The molecule has 15 nitrogen and oxygen atoms in total. The summed E-state index contributed by atoms with van der Waals surface area (Å²) in [5, 5.41) is 69.4. The fraction of sp³-hybridized carbons (Fsp3) is 0.175. The number of carboxylic acids is 3. The molecule has 0 bridgehead atoms. The largest absolute Gasteiger partial charge is 0.872 e. The molecule has 484 valence electrons. The third-order valence-electron chi connectivity index (χ3n) is 15.7. The van der Waals surface area contributed by atoms with Gasteiger partial charge in [-0.2, -0.15) is 0 Å². The third-order valence-corrected chi connectivity index (χ3v) is 15.7. The maximum absolute atomic E-state index is 12.9. The van der Waals surface area contributed by atoms with Crippen LogP contribution in [0.2, 0.25) is 0 Å². The van der Waals surface area contributed by atoms with E-state index in [1.165, 1.54) is 48.5 Å². The summed E-state index contributed by atoms with van der Waals surface area (Å²) < 4.78 is 17.8. The van der Waals surface area contributed by atoms with Gasteiger partial charge in [0, 0.05) is 76.4 Å². The van der Waals surface area contributed by atoms with E-state index < -0.39 is 28.7 Å². The predicted molar refractivity (Wildman–Crippen MR) is 361 cm³/mol. The number of Topliss-reactive ketones (excluding diaryl/α,β-unsaturated/α-hetero) is 3. The highest BCUT2D eigenvalue weighted by atomic mass is 16.5. The van der Waals surface area contributed by atoms with Crippen LogP contribution in [0.15, 0.2) is 170 Å². The number of rotatable bonds is 8. The Balaban J connectivity index is 0.000000173. The molecule has 3 aliphatic rings. The fourth-order valence-electron chi connectivity index (χ4n) is 10.5. The molecule has 0 unspecified atom stereocenters. The zero-order valence-corrected chi connectivity index (χ0v) is 53.5. The smallest absolute Gasteiger partial charge is 0.336 e. The predicted octanol–water partition coefficient (Wildman–Crippen LogP) is 11.4. The first-order valence-electron chi connectivity index (χ1n) is 29.8. The second-order valence-corrected chi connectivity index (χ2v) is 25.8. The normalized spacial score (nSPS) is 12.2. The van der Waals surface area contributed by atoms with Crippen molar-refractivity contribution >= 4 is 71.7 Å². The lowest BCUT2D eigenvalue weighted by molar-refractivity contribution is -0.269. The van der Waals surface area contributed by atoms with Gasteiger partial charge in [-0.25, -0.2) is 14.4 Å². The summed E-state index contributed by atoms with van der Waals surface area (Å²) in [5.41, 5.74) is 4.88. The Hall–Kier alpha value is -11.6. The molecule has 0 saturated carbocycles. The molecule has 0 fully saturated rings. The summed E-state index contributed by atoms with van der Waals surface area (Å²) in [6.45, 7) is 29.9. The van der Waals surface area contributed by atoms with Crippen LogP contribution in [0.1, 0.15) is 162 Å². The van der Waals surface area contributed by atoms with E-state index in [1.54, 1.807) is 119 Å². The van der Waals surface area contributed by atoms with Crippen molar-refractivity contribution in [2.45, 2.75) is 76.7 Å². The van der Waals surface area contributed by atoms with E-state index >= 15 is 0 Å². The summed E-state index contributed by atoms with van der Waals surface area (Å²) in [6.07, 6.45) is 0. The van der Waals surface area contributed by atoms with Crippen molar-refractivity contribution in [3.8, 4) is 51.7 Å². The van der Waals surface area contributed by atoms with Crippen LogP contribution < -0.4 is 60.8 Å². The van der Waals surface area contributed by atoms with Crippen molar-refractivity contribution in [2.24, 2.45) is 16.2 Å². The molecule has 0 aromatic heterocycles. The monoisotopic (exact) mass is 1270 g/mol. The highest BCUT2D eigenvalue weighted by molar-refractivity contribution is 6.06. The van der Waals surface area contributed by atoms with Crippen molar-refractivity contribution in [3.05, 3.63) is 262 Å². The zero-order valence-electron chi connectivity index (χ0n) is 53.5. The molecular formula is C80H71O15-3. The first-order chi connectivity index (χ1) is 44.1. The van der Waals surface area contributed by atoms with Gasteiger partial charge in [0.05, 0.1) is 16.7 Å². The number of aromatic carboxylic acids is 3. The van der Waals surface area contributed by atoms with Crippen molar-refractivity contribution in [2.75, 3.05) is 0 Å². The van der Waals surface area contributed by atoms with Crippen molar-refractivity contribution < 1.29 is 73.6 Å². The standard InChI is InChI=1S/2C26H22O5.C21H14O4.C6H12O.CH4/c1-14-5-8-18-21(11-14)31-22-13-16(27)7-10-19(22)23(18)20-12-15(24(28)26(2,3)4)6-9-17(20)25(29)30;1-14-5-8-18-21(11-14)31-22-13-16(27)7-10-19(22)23(18)17-9-6-15(12-20(17)25(29)30)24(28)26(2,3)4;1-12-6-8-16-18(10-12)25-19-11-13(22)7-9-17(19)20(16)14-4-2-3-5-15(14)21(23)24;1-5(7)6(2,3)4;/h2*5-13,27H,1H2,2-4H3,(H,29,30);2-11,22H,1H2,(H,23,24);1-4H3;1H4/p-3. The van der Waals surface area contributed by atoms with Gasteiger partial charge >= 0.3 is 17.9 Å². The lowest BCUT2D eigenvalue weighted by Crippen LogP contribution is -2.23. The van der Waals surface area contributed by atoms with Gasteiger partial charge in [-0.3, -0.25) is 14.4 Å². The molecule has 0 spiro atoms. The van der Waals surface area contributed by atoms with Gasteiger partial charge in [-0.15, -0.1) is 17.2 Å². The van der Waals surface area contributed by atoms with E-state index in [4.69, 9.17) is 14.2 Å². The van der Waals surface area contributed by atoms with E-state index in [2.05, 4.69) is 19.7 Å². The summed E-state index contributed by atoms with van der Waals surface area (Å²) >= 11 is 0. The minimum absolute atomic E-state index is 0. The average Bonchev–Trinajstić information content (AvgIpc) is 0.767. The number of benzene rings is 9. The number of hydrogen-bond donors (Lipinski definition) is 3. The molecule has 3 aliphatic heterocycles. The lowest BCUT2D eigenvalue weighted by atomic mass is 9.83. The summed E-state index contributed by atoms with van der Waals surface area (Å²) in [4.78, 5) is 72.1. The van der Waals surface area contributed by atoms with Gasteiger partial charge in [0.15, 0.2) is 11.6 Å². The molecule has 0 amide bonds. The number of carboxylic acid groups (broad SMARTS) is 3. The number of ketones is 3. The molecule has 12 rings (SSSR count). The van der Waals surface area contributed by atoms with Crippen molar-refractivity contribution in [1.82, 2.24) is 0 Å². The lowest BCUT2D eigenvalue weighted by Gasteiger charge is -2.24. The van der Waals surface area contributed by atoms with Gasteiger partial charge in [0.25, 0.3) is 0 Å². The Morgan fingerprint density at radius 1 is 0.347 bits per heavy atom. The Morgan fingerprint density at radius 3 is 1.02 bits per heavy atom. The van der Waals surface area contributed by atoms with Crippen LogP contribution in [-0.2, 0) is 4.79 Å². The molecule has 9 aromatic rings. The molecule has 9 aromatic carbocycles. The molecule has 15 heteroatoms. The SMILES string of the molecule is C.C=c1ccc2c(c1)Oc1cc([O-])ccc1C=2c1cc(C(=O)C(C)(C)C)ccc1C(=O)O.C=c1ccc2c(c1)Oc1cc([O-])ccc1C=2c1ccc(C(=O)C(C)(C)C)cc1C(=O)O.C=c1ccc2c(c1)Oc1cc([O-])ccc1C=2c1ccccc1C(=O)O.CC(=O)C(C)(C)C. The maximum atomic E-state index is 12.9. The highest BCUT2D eigenvalue weighted by Crippen LogP contribution is 2.42. The van der Waals surface area contributed by atoms with Crippen molar-refractivity contribution in [3.63, 3.8) is 0 Å². The van der Waals surface area contributed by atoms with Gasteiger partial charge in [-0.05, 0) is 99.9 Å². The highest BCUT2D eigenvalue weighted by Gasteiger charge is 2.31. The van der Waals surface area contributed by atoms with Gasteiger partial charge < -0.3 is 44.8 Å². The van der Waals surface area contributed by atoms with Crippen LogP contribution in [-0.4, -0.2) is 50.6 Å². The molecule has 3 N–H and O–H groups in total. The quantitative estimate of drug-likeness (QED) is 0.119. The number of carbonyl (C=O) groups is 6. The average molecular weight is 1270 g/mol. The first-order valence-corrected chi connectivity index (χ1v) is 29.8. The Morgan fingerprint density at radius 2 is 0.663 bits per heavy atom. The number of fused-ring (bicyclic) bond motifs is 6. The molecule has 0 saturated heterocycles. The molecule has 0 radical (unpaired) electrons.